The van der Waals surface area contributed by atoms with Gasteiger partial charge in [0, 0.05) is 23.7 Å². The number of H-pyrrole nitrogens is 1. The molecule has 184 valence electrons. The summed E-state index contributed by atoms with van der Waals surface area (Å²) in [4.78, 5) is 45.7. The standard InChI is InChI=1S/C24H20ClFN6O4/c25-17-10-14(1-3-16(17)24(34)32-36-8-7-29-35)20-5-4-19(27)23(31-20)28-12-15-9-13-2-6-22(33)30-21(13)11-18(15)26/h1-6,9-11H,7-8,12,27H2,(H,28,31)(H,30,33)(H,32,34). The summed E-state index contributed by atoms with van der Waals surface area (Å²) in [7, 11) is 0. The Labute approximate surface area is 208 Å². The van der Waals surface area contributed by atoms with E-state index in [0.717, 1.165) is 0 Å². The van der Waals surface area contributed by atoms with Crippen molar-refractivity contribution in [3.8, 4) is 11.3 Å². The normalized spacial score (nSPS) is 10.8. The largest absolute Gasteiger partial charge is 0.396 e. The number of pyridine rings is 2. The number of aromatic nitrogens is 2. The van der Waals surface area contributed by atoms with Crippen LogP contribution in [0.15, 0.2) is 64.6 Å². The Kier molecular flexibility index (Phi) is 7.52. The average molecular weight is 511 g/mol. The number of nitrogen functional groups attached to an aromatic ring is 1. The Balaban J connectivity index is 1.51. The molecule has 5 N–H and O–H groups in total. The number of hydrogen-bond donors (Lipinski definition) is 4. The molecular formula is C24H20ClFN6O4. The highest BCUT2D eigenvalue weighted by Crippen LogP contribution is 2.28. The molecule has 0 aliphatic heterocycles. The molecule has 0 spiro atoms. The van der Waals surface area contributed by atoms with Gasteiger partial charge < -0.3 is 16.0 Å². The zero-order valence-corrected chi connectivity index (χ0v) is 19.4. The van der Waals surface area contributed by atoms with Crippen molar-refractivity contribution in [3.05, 3.63) is 91.8 Å². The van der Waals surface area contributed by atoms with Crippen LogP contribution in [0.5, 0.6) is 0 Å². The molecule has 2 heterocycles. The van der Waals surface area contributed by atoms with E-state index in [0.29, 0.717) is 39.2 Å². The van der Waals surface area contributed by atoms with Crippen molar-refractivity contribution in [2.75, 3.05) is 24.2 Å². The lowest BCUT2D eigenvalue weighted by molar-refractivity contribution is 0.0344. The SMILES string of the molecule is Nc1ccc(-c2ccc(C(=O)NOCCN=O)c(Cl)c2)nc1NCc1cc2ccc(=O)[nH]c2cc1F. The number of fused-ring (bicyclic) bond motifs is 1. The molecule has 0 unspecified atom stereocenters. The minimum Gasteiger partial charge on any atom is -0.396 e. The molecule has 36 heavy (non-hydrogen) atoms. The maximum Gasteiger partial charge on any atom is 0.276 e. The number of hydroxylamine groups is 1. The molecule has 2 aromatic carbocycles. The lowest BCUT2D eigenvalue weighted by Crippen LogP contribution is -2.25. The highest BCUT2D eigenvalue weighted by atomic mass is 35.5. The maximum absolute atomic E-state index is 14.6. The van der Waals surface area contributed by atoms with Crippen LogP contribution in [0.25, 0.3) is 22.2 Å². The van der Waals surface area contributed by atoms with Crippen molar-refractivity contribution >= 4 is 39.9 Å². The summed E-state index contributed by atoms with van der Waals surface area (Å²) in [5, 5.41) is 6.52. The Hall–Kier alpha value is -4.35. The van der Waals surface area contributed by atoms with E-state index in [9.17, 15) is 18.9 Å². The van der Waals surface area contributed by atoms with Crippen LogP contribution in [-0.4, -0.2) is 29.0 Å². The van der Waals surface area contributed by atoms with E-state index in [1.807, 2.05) is 0 Å². The lowest BCUT2D eigenvalue weighted by atomic mass is 10.1. The van der Waals surface area contributed by atoms with Crippen molar-refractivity contribution in [3.63, 3.8) is 0 Å². The smallest absolute Gasteiger partial charge is 0.276 e. The average Bonchev–Trinajstić information content (AvgIpc) is 2.86. The van der Waals surface area contributed by atoms with E-state index >= 15 is 0 Å². The topological polar surface area (TPSA) is 152 Å². The minimum atomic E-state index is -0.577. The van der Waals surface area contributed by atoms with Crippen LogP contribution >= 0.6 is 11.6 Å². The van der Waals surface area contributed by atoms with Crippen LogP contribution in [0.1, 0.15) is 15.9 Å². The minimum absolute atomic E-state index is 0.0568. The van der Waals surface area contributed by atoms with Crippen LogP contribution in [0, 0.1) is 10.7 Å². The molecule has 4 aromatic rings. The van der Waals surface area contributed by atoms with Gasteiger partial charge in [-0.05, 0) is 47.9 Å². The highest BCUT2D eigenvalue weighted by Gasteiger charge is 2.14. The predicted octanol–water partition coefficient (Wildman–Crippen LogP) is 4.00. The summed E-state index contributed by atoms with van der Waals surface area (Å²) in [5.74, 6) is -0.728. The summed E-state index contributed by atoms with van der Waals surface area (Å²) in [6.07, 6.45) is 0. The third kappa shape index (κ3) is 5.65. The fourth-order valence-corrected chi connectivity index (χ4v) is 3.69. The Morgan fingerprint density at radius 3 is 2.78 bits per heavy atom. The molecule has 10 nitrogen and oxygen atoms in total. The number of nitrogens with zero attached hydrogens (tertiary/aromatic N) is 2. The van der Waals surface area contributed by atoms with Crippen LogP contribution < -0.4 is 22.1 Å². The lowest BCUT2D eigenvalue weighted by Gasteiger charge is -2.12. The number of halogens is 2. The van der Waals surface area contributed by atoms with Crippen molar-refractivity contribution < 1.29 is 14.0 Å². The summed E-state index contributed by atoms with van der Waals surface area (Å²) in [6.45, 7) is -0.0553. The number of anilines is 2. The molecule has 0 aliphatic carbocycles. The van der Waals surface area contributed by atoms with Crippen LogP contribution in [0.3, 0.4) is 0 Å². The van der Waals surface area contributed by atoms with E-state index < -0.39 is 11.7 Å². The van der Waals surface area contributed by atoms with Gasteiger partial charge in [-0.25, -0.2) is 14.9 Å². The second-order valence-corrected chi connectivity index (χ2v) is 8.08. The third-order valence-corrected chi connectivity index (χ3v) is 5.54. The number of amides is 1. The second kappa shape index (κ2) is 10.9. The van der Waals surface area contributed by atoms with Gasteiger partial charge >= 0.3 is 0 Å². The number of benzene rings is 2. The van der Waals surface area contributed by atoms with Crippen LogP contribution in [0.4, 0.5) is 15.9 Å². The maximum atomic E-state index is 14.6. The zero-order chi connectivity index (χ0) is 25.7. The van der Waals surface area contributed by atoms with Crippen LogP contribution in [0.2, 0.25) is 5.02 Å². The van der Waals surface area contributed by atoms with Crippen molar-refractivity contribution in [2.45, 2.75) is 6.54 Å². The molecular weight excluding hydrogens is 491 g/mol. The van der Waals surface area contributed by atoms with Crippen molar-refractivity contribution in [2.24, 2.45) is 5.18 Å². The molecule has 0 aliphatic rings. The first-order valence-electron chi connectivity index (χ1n) is 10.7. The Morgan fingerprint density at radius 2 is 2.00 bits per heavy atom. The molecule has 0 saturated heterocycles. The van der Waals surface area contributed by atoms with Gasteiger partial charge in [-0.3, -0.25) is 14.4 Å². The quantitative estimate of drug-likeness (QED) is 0.151. The van der Waals surface area contributed by atoms with Crippen molar-refractivity contribution in [1.29, 1.82) is 0 Å². The summed E-state index contributed by atoms with van der Waals surface area (Å²) >= 11 is 6.28. The number of aromatic amines is 1. The van der Waals surface area contributed by atoms with E-state index in [-0.39, 0.29) is 35.8 Å². The van der Waals surface area contributed by atoms with Gasteiger partial charge in [-0.1, -0.05) is 22.8 Å². The number of nitroso groups, excluding NO2 is 1. The number of nitrogens with two attached hydrogens (primary N) is 1. The molecule has 1 amide bonds. The van der Waals surface area contributed by atoms with Gasteiger partial charge in [0.05, 0.1) is 34.1 Å². The van der Waals surface area contributed by atoms with E-state index in [2.05, 4.69) is 25.9 Å². The molecule has 2 aromatic heterocycles. The fraction of sp³-hybridized carbons (Fsp3) is 0.125. The van der Waals surface area contributed by atoms with E-state index in [1.54, 1.807) is 36.4 Å². The molecule has 0 fully saturated rings. The van der Waals surface area contributed by atoms with Crippen LogP contribution in [-0.2, 0) is 11.4 Å². The highest BCUT2D eigenvalue weighted by molar-refractivity contribution is 6.34. The fourth-order valence-electron chi connectivity index (χ4n) is 3.42. The van der Waals surface area contributed by atoms with Gasteiger partial charge in [0.15, 0.2) is 0 Å². The van der Waals surface area contributed by atoms with Gasteiger partial charge in [-0.2, -0.15) is 4.91 Å². The first-order valence-corrected chi connectivity index (χ1v) is 11.1. The summed E-state index contributed by atoms with van der Waals surface area (Å²) in [6, 6.07) is 14.0. The van der Waals surface area contributed by atoms with E-state index in [4.69, 9.17) is 22.2 Å². The molecule has 4 rings (SSSR count). The summed E-state index contributed by atoms with van der Waals surface area (Å²) < 4.78 is 14.6. The molecule has 0 atom stereocenters. The molecule has 0 saturated carbocycles. The number of rotatable bonds is 9. The van der Waals surface area contributed by atoms with Gasteiger partial charge in [0.1, 0.15) is 18.2 Å². The molecule has 0 radical (unpaired) electrons. The van der Waals surface area contributed by atoms with Gasteiger partial charge in [-0.15, -0.1) is 0 Å². The van der Waals surface area contributed by atoms with Crippen molar-refractivity contribution in [1.82, 2.24) is 15.4 Å². The molecule has 12 heteroatoms. The van der Waals surface area contributed by atoms with Gasteiger partial charge in [0.25, 0.3) is 5.91 Å². The number of nitrogens with one attached hydrogen (secondary N) is 3. The zero-order valence-electron chi connectivity index (χ0n) is 18.7. The number of carbonyl (C=O) groups is 1. The molecule has 0 bridgehead atoms. The summed E-state index contributed by atoms with van der Waals surface area (Å²) in [5.41, 5.74) is 10.4. The number of carbonyl (C=O) groups excluding carboxylic acids is 1. The first-order chi connectivity index (χ1) is 17.4. The van der Waals surface area contributed by atoms with E-state index in [1.165, 1.54) is 18.2 Å². The second-order valence-electron chi connectivity index (χ2n) is 7.67. The first kappa shape index (κ1) is 24.8. The monoisotopic (exact) mass is 510 g/mol. The third-order valence-electron chi connectivity index (χ3n) is 5.22. The Morgan fingerprint density at radius 1 is 1.17 bits per heavy atom. The number of hydrogen-bond acceptors (Lipinski definition) is 8. The Bertz CT molecular complexity index is 1510. The van der Waals surface area contributed by atoms with Gasteiger partial charge in [0.2, 0.25) is 5.56 Å². The predicted molar refractivity (Wildman–Crippen MR) is 135 cm³/mol.